The Morgan fingerprint density at radius 2 is 2.40 bits per heavy atom. The third kappa shape index (κ3) is 3.67. The van der Waals surface area contributed by atoms with Crippen molar-refractivity contribution in [3.63, 3.8) is 0 Å². The Balaban J connectivity index is 1.98. The summed E-state index contributed by atoms with van der Waals surface area (Å²) in [7, 11) is 0. The molecule has 1 amide bonds. The Kier molecular flexibility index (Phi) is 4.88. The molecule has 5 heteroatoms. The number of rotatable bonds is 3. The smallest absolute Gasteiger partial charge is 0.252 e. The van der Waals surface area contributed by atoms with E-state index < -0.39 is 0 Å². The Hall–Kier alpha value is -2.16. The number of aromatic nitrogens is 1. The minimum Gasteiger partial charge on any atom is -0.384 e. The van der Waals surface area contributed by atoms with Gasteiger partial charge in [-0.3, -0.25) is 9.78 Å². The van der Waals surface area contributed by atoms with E-state index in [1.54, 1.807) is 23.8 Å². The van der Waals surface area contributed by atoms with Crippen LogP contribution in [0.2, 0.25) is 0 Å². The van der Waals surface area contributed by atoms with E-state index in [-0.39, 0.29) is 12.5 Å². The number of nitrogens with one attached hydrogen (secondary N) is 1. The minimum atomic E-state index is -0.181. The Labute approximate surface area is 121 Å². The molecule has 0 saturated heterocycles. The van der Waals surface area contributed by atoms with Gasteiger partial charge in [0.15, 0.2) is 0 Å². The molecule has 2 aromatic heterocycles. The highest BCUT2D eigenvalue weighted by Gasteiger charge is 2.08. The quantitative estimate of drug-likeness (QED) is 0.845. The van der Waals surface area contributed by atoms with Gasteiger partial charge in [0.2, 0.25) is 0 Å². The lowest BCUT2D eigenvalue weighted by Crippen LogP contribution is -2.22. The van der Waals surface area contributed by atoms with Crippen molar-refractivity contribution < 1.29 is 9.90 Å². The van der Waals surface area contributed by atoms with Crippen LogP contribution in [0.1, 0.15) is 26.4 Å². The second kappa shape index (κ2) is 6.85. The van der Waals surface area contributed by atoms with E-state index >= 15 is 0 Å². The fraction of sp³-hybridized carbons (Fsp3) is 0.200. The van der Waals surface area contributed by atoms with Crippen LogP contribution < -0.4 is 5.32 Å². The van der Waals surface area contributed by atoms with Gasteiger partial charge in [0.25, 0.3) is 5.91 Å². The monoisotopic (exact) mass is 286 g/mol. The van der Waals surface area contributed by atoms with E-state index in [2.05, 4.69) is 22.1 Å². The van der Waals surface area contributed by atoms with Gasteiger partial charge in [0.1, 0.15) is 6.61 Å². The Morgan fingerprint density at radius 3 is 3.15 bits per heavy atom. The van der Waals surface area contributed by atoms with Gasteiger partial charge in [-0.1, -0.05) is 11.8 Å². The second-order valence-electron chi connectivity index (χ2n) is 4.14. The fourth-order valence-corrected chi connectivity index (χ4v) is 2.36. The molecule has 0 bridgehead atoms. The predicted molar refractivity (Wildman–Crippen MR) is 78.4 cm³/mol. The Morgan fingerprint density at radius 1 is 1.55 bits per heavy atom. The van der Waals surface area contributed by atoms with Gasteiger partial charge >= 0.3 is 0 Å². The van der Waals surface area contributed by atoms with E-state index in [1.165, 1.54) is 11.3 Å². The fourth-order valence-electron chi connectivity index (χ4n) is 1.61. The van der Waals surface area contributed by atoms with Crippen LogP contribution in [0.25, 0.3) is 0 Å². The van der Waals surface area contributed by atoms with E-state index in [1.807, 2.05) is 13.0 Å². The first-order valence-corrected chi connectivity index (χ1v) is 6.94. The number of carbonyl (C=O) groups is 1. The van der Waals surface area contributed by atoms with Gasteiger partial charge in [0.05, 0.1) is 10.4 Å². The lowest BCUT2D eigenvalue weighted by molar-refractivity contribution is 0.0951. The summed E-state index contributed by atoms with van der Waals surface area (Å²) in [5.74, 6) is 5.20. The molecule has 0 aromatic carbocycles. The average molecular weight is 286 g/mol. The summed E-state index contributed by atoms with van der Waals surface area (Å²) in [5.41, 5.74) is 2.68. The molecule has 0 fully saturated rings. The van der Waals surface area contributed by atoms with Crippen molar-refractivity contribution in [3.05, 3.63) is 51.5 Å². The van der Waals surface area contributed by atoms with Crippen molar-refractivity contribution in [2.45, 2.75) is 13.5 Å². The van der Waals surface area contributed by atoms with Crippen molar-refractivity contribution >= 4 is 17.2 Å². The Bertz CT molecular complexity index is 668. The molecule has 0 aliphatic rings. The van der Waals surface area contributed by atoms with Crippen LogP contribution >= 0.6 is 11.3 Å². The van der Waals surface area contributed by atoms with Crippen LogP contribution in [-0.2, 0) is 6.54 Å². The van der Waals surface area contributed by atoms with Gasteiger partial charge in [-0.15, -0.1) is 11.3 Å². The molecule has 20 heavy (non-hydrogen) atoms. The summed E-state index contributed by atoms with van der Waals surface area (Å²) in [5, 5.41) is 13.2. The molecule has 4 nitrogen and oxygen atoms in total. The molecule has 0 aliphatic heterocycles. The number of aryl methyl sites for hydroxylation is 1. The number of thiophene rings is 1. The van der Waals surface area contributed by atoms with Crippen LogP contribution in [0.3, 0.4) is 0 Å². The molecule has 2 aromatic rings. The first-order chi connectivity index (χ1) is 9.70. The van der Waals surface area contributed by atoms with Gasteiger partial charge in [-0.2, -0.15) is 0 Å². The molecular weight excluding hydrogens is 272 g/mol. The normalized spacial score (nSPS) is 9.70. The van der Waals surface area contributed by atoms with Crippen molar-refractivity contribution in [1.82, 2.24) is 10.3 Å². The number of aliphatic hydroxyl groups is 1. The van der Waals surface area contributed by atoms with Crippen LogP contribution in [0.15, 0.2) is 29.9 Å². The molecule has 0 radical (unpaired) electrons. The van der Waals surface area contributed by atoms with E-state index in [4.69, 9.17) is 5.11 Å². The van der Waals surface area contributed by atoms with E-state index in [0.29, 0.717) is 12.1 Å². The van der Waals surface area contributed by atoms with Gasteiger partial charge < -0.3 is 10.4 Å². The molecule has 0 saturated carbocycles. The summed E-state index contributed by atoms with van der Waals surface area (Å²) in [4.78, 5) is 16.8. The summed E-state index contributed by atoms with van der Waals surface area (Å²) in [6.45, 7) is 2.25. The van der Waals surface area contributed by atoms with Crippen molar-refractivity contribution in [3.8, 4) is 11.8 Å². The number of hydrogen-bond donors (Lipinski definition) is 2. The summed E-state index contributed by atoms with van der Waals surface area (Å²) < 4.78 is 0. The minimum absolute atomic E-state index is 0.137. The number of aliphatic hydroxyl groups excluding tert-OH is 1. The van der Waals surface area contributed by atoms with Gasteiger partial charge in [-0.05, 0) is 30.2 Å². The molecule has 0 unspecified atom stereocenters. The largest absolute Gasteiger partial charge is 0.384 e. The molecular formula is C15H14N2O2S. The number of hydrogen-bond acceptors (Lipinski definition) is 4. The average Bonchev–Trinajstić information content (AvgIpc) is 2.93. The SMILES string of the molecule is Cc1ccncc1CNC(=O)c1csc(C#CCO)c1. The van der Waals surface area contributed by atoms with Gasteiger partial charge in [-0.25, -0.2) is 0 Å². The molecule has 0 aliphatic carbocycles. The third-order valence-corrected chi connectivity index (χ3v) is 3.58. The predicted octanol–water partition coefficient (Wildman–Crippen LogP) is 1.73. The van der Waals surface area contributed by atoms with E-state index in [9.17, 15) is 4.79 Å². The highest BCUT2D eigenvalue weighted by molar-refractivity contribution is 7.10. The maximum Gasteiger partial charge on any atom is 0.252 e. The molecule has 2 rings (SSSR count). The number of pyridine rings is 1. The van der Waals surface area contributed by atoms with Gasteiger partial charge in [0, 0.05) is 24.3 Å². The second-order valence-corrected chi connectivity index (χ2v) is 5.06. The van der Waals surface area contributed by atoms with Crippen LogP contribution in [0, 0.1) is 18.8 Å². The number of amides is 1. The highest BCUT2D eigenvalue weighted by Crippen LogP contribution is 2.13. The van der Waals surface area contributed by atoms with E-state index in [0.717, 1.165) is 16.0 Å². The highest BCUT2D eigenvalue weighted by atomic mass is 32.1. The first-order valence-electron chi connectivity index (χ1n) is 6.06. The lowest BCUT2D eigenvalue weighted by atomic mass is 10.1. The molecule has 2 heterocycles. The molecule has 102 valence electrons. The van der Waals surface area contributed by atoms with Crippen molar-refractivity contribution in [2.24, 2.45) is 0 Å². The zero-order valence-electron chi connectivity index (χ0n) is 11.0. The topological polar surface area (TPSA) is 62.2 Å². The number of carbonyl (C=O) groups excluding carboxylic acids is 1. The standard InChI is InChI=1S/C15H14N2O2S/c1-11-4-5-16-8-13(11)9-17-15(19)12-7-14(20-10-12)3-2-6-18/h4-5,7-8,10,18H,6,9H2,1H3,(H,17,19). The van der Waals surface area contributed by atoms with Crippen LogP contribution in [-0.4, -0.2) is 22.6 Å². The van der Waals surface area contributed by atoms with Crippen LogP contribution in [0.5, 0.6) is 0 Å². The maximum atomic E-state index is 12.0. The summed E-state index contributed by atoms with van der Waals surface area (Å²) in [6, 6.07) is 3.63. The lowest BCUT2D eigenvalue weighted by Gasteiger charge is -2.06. The van der Waals surface area contributed by atoms with Crippen LogP contribution in [0.4, 0.5) is 0 Å². The zero-order chi connectivity index (χ0) is 14.4. The maximum absolute atomic E-state index is 12.0. The summed E-state index contributed by atoms with van der Waals surface area (Å²) >= 11 is 1.38. The van der Waals surface area contributed by atoms with Crippen molar-refractivity contribution in [2.75, 3.05) is 6.61 Å². The third-order valence-electron chi connectivity index (χ3n) is 2.74. The summed E-state index contributed by atoms with van der Waals surface area (Å²) in [6.07, 6.45) is 3.48. The molecule has 0 atom stereocenters. The zero-order valence-corrected chi connectivity index (χ0v) is 11.8. The van der Waals surface area contributed by atoms with Crippen molar-refractivity contribution in [1.29, 1.82) is 0 Å². The first kappa shape index (κ1) is 14.3. The number of nitrogens with zero attached hydrogens (tertiary/aromatic N) is 1. The molecule has 2 N–H and O–H groups in total. The molecule has 0 spiro atoms.